The van der Waals surface area contributed by atoms with E-state index in [1.165, 1.54) is 31.4 Å². The van der Waals surface area contributed by atoms with Crippen LogP contribution in [0.3, 0.4) is 0 Å². The standard InChI is InChI=1S/C16H15NO4S/c1-11-4-6-14(8-12(11)2)22(18,19)21-15-7-5-13(10-17)9-16(15)20-3/h4-9H,1-3H3. The fourth-order valence-electron chi connectivity index (χ4n) is 1.84. The van der Waals surface area contributed by atoms with Crippen LogP contribution < -0.4 is 8.92 Å². The molecule has 0 fully saturated rings. The minimum absolute atomic E-state index is 0.0414. The summed E-state index contributed by atoms with van der Waals surface area (Å²) >= 11 is 0. The molecule has 2 aromatic carbocycles. The Kier molecular flexibility index (Phi) is 4.38. The number of nitriles is 1. The zero-order valence-electron chi connectivity index (χ0n) is 12.5. The Morgan fingerprint density at radius 1 is 1.00 bits per heavy atom. The molecule has 0 unspecified atom stereocenters. The lowest BCUT2D eigenvalue weighted by Crippen LogP contribution is -2.11. The van der Waals surface area contributed by atoms with Gasteiger partial charge in [-0.3, -0.25) is 0 Å². The van der Waals surface area contributed by atoms with Gasteiger partial charge in [-0.1, -0.05) is 6.07 Å². The first-order valence-electron chi connectivity index (χ1n) is 6.47. The van der Waals surface area contributed by atoms with Crippen LogP contribution in [0.4, 0.5) is 0 Å². The van der Waals surface area contributed by atoms with Gasteiger partial charge in [0.15, 0.2) is 11.5 Å². The largest absolute Gasteiger partial charge is 0.493 e. The first-order chi connectivity index (χ1) is 10.4. The molecule has 0 saturated heterocycles. The van der Waals surface area contributed by atoms with Crippen LogP contribution in [-0.4, -0.2) is 15.5 Å². The zero-order chi connectivity index (χ0) is 16.3. The van der Waals surface area contributed by atoms with Crippen molar-refractivity contribution < 1.29 is 17.3 Å². The second-order valence-electron chi connectivity index (χ2n) is 4.76. The number of hydrogen-bond acceptors (Lipinski definition) is 5. The number of benzene rings is 2. The molecule has 0 spiro atoms. The van der Waals surface area contributed by atoms with Gasteiger partial charge in [0.25, 0.3) is 0 Å². The van der Waals surface area contributed by atoms with Gasteiger partial charge in [-0.2, -0.15) is 13.7 Å². The number of ether oxygens (including phenoxy) is 1. The second-order valence-corrected chi connectivity index (χ2v) is 6.31. The fourth-order valence-corrected chi connectivity index (χ4v) is 2.87. The molecule has 114 valence electrons. The molecule has 0 aliphatic carbocycles. The Bertz CT molecular complexity index is 851. The predicted molar refractivity (Wildman–Crippen MR) is 81.4 cm³/mol. The van der Waals surface area contributed by atoms with Crippen LogP contribution in [0, 0.1) is 25.2 Å². The van der Waals surface area contributed by atoms with Gasteiger partial charge in [0.05, 0.1) is 18.7 Å². The lowest BCUT2D eigenvalue weighted by Gasteiger charge is -2.11. The molecule has 0 amide bonds. The van der Waals surface area contributed by atoms with Crippen molar-refractivity contribution in [3.8, 4) is 17.6 Å². The van der Waals surface area contributed by atoms with E-state index in [1.807, 2.05) is 19.9 Å². The first-order valence-corrected chi connectivity index (χ1v) is 7.88. The molecule has 5 nitrogen and oxygen atoms in total. The third kappa shape index (κ3) is 3.21. The van der Waals surface area contributed by atoms with Gasteiger partial charge in [-0.25, -0.2) is 0 Å². The molecule has 0 atom stereocenters. The third-order valence-corrected chi connectivity index (χ3v) is 4.49. The SMILES string of the molecule is COc1cc(C#N)ccc1OS(=O)(=O)c1ccc(C)c(C)c1. The van der Waals surface area contributed by atoms with E-state index in [0.717, 1.165) is 11.1 Å². The molecular formula is C16H15NO4S. The summed E-state index contributed by atoms with van der Waals surface area (Å²) in [6.07, 6.45) is 0. The predicted octanol–water partition coefficient (Wildman–Crippen LogP) is 2.95. The van der Waals surface area contributed by atoms with E-state index in [2.05, 4.69) is 0 Å². The summed E-state index contributed by atoms with van der Waals surface area (Å²) in [5, 5.41) is 8.85. The molecule has 0 aromatic heterocycles. The lowest BCUT2D eigenvalue weighted by atomic mass is 10.1. The van der Waals surface area contributed by atoms with Crippen LogP contribution in [0.2, 0.25) is 0 Å². The quantitative estimate of drug-likeness (QED) is 0.810. The Morgan fingerprint density at radius 3 is 2.32 bits per heavy atom. The Morgan fingerprint density at radius 2 is 1.73 bits per heavy atom. The molecule has 22 heavy (non-hydrogen) atoms. The van der Waals surface area contributed by atoms with Gasteiger partial charge in [-0.05, 0) is 49.2 Å². The summed E-state index contributed by atoms with van der Waals surface area (Å²) in [6, 6.07) is 11.0. The maximum atomic E-state index is 12.3. The summed E-state index contributed by atoms with van der Waals surface area (Å²) < 4.78 is 34.9. The van der Waals surface area contributed by atoms with Crippen LogP contribution in [0.15, 0.2) is 41.3 Å². The van der Waals surface area contributed by atoms with Crippen molar-refractivity contribution in [1.82, 2.24) is 0 Å². The van der Waals surface area contributed by atoms with Crippen molar-refractivity contribution in [3.63, 3.8) is 0 Å². The van der Waals surface area contributed by atoms with E-state index in [0.29, 0.717) is 5.56 Å². The number of aryl methyl sites for hydroxylation is 2. The van der Waals surface area contributed by atoms with E-state index in [1.54, 1.807) is 12.1 Å². The maximum absolute atomic E-state index is 12.3. The Labute approximate surface area is 129 Å². The van der Waals surface area contributed by atoms with Crippen molar-refractivity contribution in [1.29, 1.82) is 5.26 Å². The molecule has 0 aliphatic rings. The minimum Gasteiger partial charge on any atom is -0.493 e. The highest BCUT2D eigenvalue weighted by atomic mass is 32.2. The van der Waals surface area contributed by atoms with E-state index in [9.17, 15) is 8.42 Å². The maximum Gasteiger partial charge on any atom is 0.339 e. The van der Waals surface area contributed by atoms with Gasteiger partial charge in [0.1, 0.15) is 4.90 Å². The van der Waals surface area contributed by atoms with Crippen LogP contribution in [0.5, 0.6) is 11.5 Å². The van der Waals surface area contributed by atoms with Gasteiger partial charge >= 0.3 is 10.1 Å². The monoisotopic (exact) mass is 317 g/mol. The Hall–Kier alpha value is -2.52. The van der Waals surface area contributed by atoms with Crippen LogP contribution >= 0.6 is 0 Å². The highest BCUT2D eigenvalue weighted by Crippen LogP contribution is 2.30. The van der Waals surface area contributed by atoms with E-state index >= 15 is 0 Å². The van der Waals surface area contributed by atoms with Crippen molar-refractivity contribution in [2.75, 3.05) is 7.11 Å². The van der Waals surface area contributed by atoms with Gasteiger partial charge < -0.3 is 8.92 Å². The normalized spacial score (nSPS) is 10.8. The molecule has 0 radical (unpaired) electrons. The second kappa shape index (κ2) is 6.08. The summed E-state index contributed by atoms with van der Waals surface area (Å²) in [6.45, 7) is 3.73. The molecule has 6 heteroatoms. The average molecular weight is 317 g/mol. The molecule has 0 saturated carbocycles. The average Bonchev–Trinajstić information content (AvgIpc) is 2.50. The number of hydrogen-bond donors (Lipinski definition) is 0. The molecular weight excluding hydrogens is 302 g/mol. The fraction of sp³-hybridized carbons (Fsp3) is 0.188. The molecule has 0 bridgehead atoms. The van der Waals surface area contributed by atoms with Crippen molar-refractivity contribution in [3.05, 3.63) is 53.1 Å². The minimum atomic E-state index is -3.97. The third-order valence-electron chi connectivity index (χ3n) is 3.26. The van der Waals surface area contributed by atoms with E-state index in [4.69, 9.17) is 14.2 Å². The van der Waals surface area contributed by atoms with Crippen LogP contribution in [0.1, 0.15) is 16.7 Å². The number of nitrogens with zero attached hydrogens (tertiary/aromatic N) is 1. The van der Waals surface area contributed by atoms with Crippen molar-refractivity contribution in [2.45, 2.75) is 18.7 Å². The van der Waals surface area contributed by atoms with Crippen molar-refractivity contribution >= 4 is 10.1 Å². The van der Waals surface area contributed by atoms with Crippen LogP contribution in [-0.2, 0) is 10.1 Å². The molecule has 0 heterocycles. The summed E-state index contributed by atoms with van der Waals surface area (Å²) in [5.41, 5.74) is 2.21. The topological polar surface area (TPSA) is 76.4 Å². The van der Waals surface area contributed by atoms with Crippen LogP contribution in [0.25, 0.3) is 0 Å². The summed E-state index contributed by atoms with van der Waals surface area (Å²) in [7, 11) is -2.59. The molecule has 0 aliphatic heterocycles. The number of rotatable bonds is 4. The lowest BCUT2D eigenvalue weighted by molar-refractivity contribution is 0.390. The molecule has 2 aromatic rings. The van der Waals surface area contributed by atoms with E-state index in [-0.39, 0.29) is 16.4 Å². The highest BCUT2D eigenvalue weighted by molar-refractivity contribution is 7.87. The van der Waals surface area contributed by atoms with Gasteiger partial charge in [0, 0.05) is 6.07 Å². The van der Waals surface area contributed by atoms with Gasteiger partial charge in [0.2, 0.25) is 0 Å². The molecule has 0 N–H and O–H groups in total. The highest BCUT2D eigenvalue weighted by Gasteiger charge is 2.19. The zero-order valence-corrected chi connectivity index (χ0v) is 13.3. The molecule has 2 rings (SSSR count). The Balaban J connectivity index is 2.40. The van der Waals surface area contributed by atoms with Gasteiger partial charge in [-0.15, -0.1) is 0 Å². The summed E-state index contributed by atoms with van der Waals surface area (Å²) in [5.74, 6) is 0.228. The van der Waals surface area contributed by atoms with Crippen molar-refractivity contribution in [2.24, 2.45) is 0 Å². The van der Waals surface area contributed by atoms with E-state index < -0.39 is 10.1 Å². The number of methoxy groups -OCH3 is 1. The summed E-state index contributed by atoms with van der Waals surface area (Å²) in [4.78, 5) is 0.0713. The first kappa shape index (κ1) is 15.9. The smallest absolute Gasteiger partial charge is 0.339 e.